The molecule has 1 aliphatic rings. The van der Waals surface area contributed by atoms with E-state index in [2.05, 4.69) is 32.9 Å². The Bertz CT molecular complexity index is 170. The normalized spacial score (nSPS) is 16.2. The summed E-state index contributed by atoms with van der Waals surface area (Å²) in [6.07, 6.45) is 7.03. The van der Waals surface area contributed by atoms with Crippen LogP contribution in [0.1, 0.15) is 47.5 Å². The highest BCUT2D eigenvalue weighted by Crippen LogP contribution is 2.24. The van der Waals surface area contributed by atoms with Gasteiger partial charge in [-0.15, -0.1) is 0 Å². The van der Waals surface area contributed by atoms with E-state index in [-0.39, 0.29) is 0 Å². The van der Waals surface area contributed by atoms with Crippen molar-refractivity contribution in [1.82, 2.24) is 0 Å². The van der Waals surface area contributed by atoms with Crippen LogP contribution >= 0.6 is 0 Å². The molecular weight excluding hydrogens is 144 g/mol. The predicted octanol–water partition coefficient (Wildman–Crippen LogP) is 4.34. The van der Waals surface area contributed by atoms with Crippen LogP contribution in [0.15, 0.2) is 23.3 Å². The molecule has 0 unspecified atom stereocenters. The van der Waals surface area contributed by atoms with Crippen molar-refractivity contribution in [3.8, 4) is 0 Å². The molecule has 70 valence electrons. The summed E-state index contributed by atoms with van der Waals surface area (Å²) in [6.45, 7) is 10.8. The van der Waals surface area contributed by atoms with Gasteiger partial charge in [0.2, 0.25) is 0 Å². The fourth-order valence-corrected chi connectivity index (χ4v) is 1.55. The molecule has 0 aromatic rings. The average Bonchev–Trinajstić information content (AvgIpc) is 2.08. The third-order valence-corrected chi connectivity index (χ3v) is 2.15. The molecule has 0 amide bonds. The molecule has 0 N–H and O–H groups in total. The van der Waals surface area contributed by atoms with Crippen molar-refractivity contribution >= 4 is 0 Å². The van der Waals surface area contributed by atoms with Crippen LogP contribution in [0.4, 0.5) is 0 Å². The topological polar surface area (TPSA) is 0 Å². The van der Waals surface area contributed by atoms with E-state index < -0.39 is 0 Å². The van der Waals surface area contributed by atoms with Gasteiger partial charge in [-0.05, 0) is 25.7 Å². The van der Waals surface area contributed by atoms with Crippen molar-refractivity contribution in [1.29, 1.82) is 0 Å². The molecular formula is C12H22. The molecule has 0 heterocycles. The van der Waals surface area contributed by atoms with Crippen LogP contribution in [0.3, 0.4) is 0 Å². The Morgan fingerprint density at radius 3 is 2.17 bits per heavy atom. The lowest BCUT2D eigenvalue weighted by Crippen LogP contribution is -1.99. The van der Waals surface area contributed by atoms with Crippen molar-refractivity contribution in [3.05, 3.63) is 23.3 Å². The van der Waals surface area contributed by atoms with E-state index in [1.54, 1.807) is 5.57 Å². The van der Waals surface area contributed by atoms with Gasteiger partial charge in [-0.1, -0.05) is 51.0 Å². The standard InChI is InChI=1S/C10H16.C2H6/c1-8(2)10-7-5-4-6-9(10)3;1-2/h4,6,8H,5,7H2,1-3H3;1-2H3. The third kappa shape index (κ3) is 3.25. The maximum absolute atomic E-state index is 2.28. The minimum Gasteiger partial charge on any atom is -0.0840 e. The first-order valence-corrected chi connectivity index (χ1v) is 5.08. The van der Waals surface area contributed by atoms with Crippen LogP contribution < -0.4 is 0 Å². The van der Waals surface area contributed by atoms with Crippen LogP contribution in [0.2, 0.25) is 0 Å². The summed E-state index contributed by atoms with van der Waals surface area (Å²) in [5.74, 6) is 0.741. The molecule has 0 heteroatoms. The van der Waals surface area contributed by atoms with Gasteiger partial charge >= 0.3 is 0 Å². The van der Waals surface area contributed by atoms with E-state index in [4.69, 9.17) is 0 Å². The fraction of sp³-hybridized carbons (Fsp3) is 0.667. The molecule has 1 rings (SSSR count). The van der Waals surface area contributed by atoms with Crippen molar-refractivity contribution < 1.29 is 0 Å². The van der Waals surface area contributed by atoms with Gasteiger partial charge < -0.3 is 0 Å². The highest BCUT2D eigenvalue weighted by atomic mass is 14.1. The third-order valence-electron chi connectivity index (χ3n) is 2.15. The number of allylic oxidation sites excluding steroid dienone is 4. The minimum atomic E-state index is 0.741. The second-order valence-corrected chi connectivity index (χ2v) is 3.30. The predicted molar refractivity (Wildman–Crippen MR) is 57.3 cm³/mol. The zero-order valence-electron chi connectivity index (χ0n) is 9.15. The largest absolute Gasteiger partial charge is 0.0840 e. The molecule has 0 aromatic carbocycles. The summed E-state index contributed by atoms with van der Waals surface area (Å²) in [4.78, 5) is 0. The quantitative estimate of drug-likeness (QED) is 0.543. The molecule has 0 nitrogen and oxygen atoms in total. The van der Waals surface area contributed by atoms with Crippen LogP contribution in [0, 0.1) is 5.92 Å². The first kappa shape index (κ1) is 11.5. The summed E-state index contributed by atoms with van der Waals surface area (Å²) >= 11 is 0. The second-order valence-electron chi connectivity index (χ2n) is 3.30. The van der Waals surface area contributed by atoms with E-state index in [1.807, 2.05) is 13.8 Å². The number of rotatable bonds is 1. The van der Waals surface area contributed by atoms with Crippen molar-refractivity contribution in [2.24, 2.45) is 5.92 Å². The van der Waals surface area contributed by atoms with Gasteiger partial charge in [0.1, 0.15) is 0 Å². The molecule has 1 aliphatic carbocycles. The molecule has 0 saturated carbocycles. The van der Waals surface area contributed by atoms with Crippen molar-refractivity contribution in [2.75, 3.05) is 0 Å². The zero-order valence-corrected chi connectivity index (χ0v) is 9.15. The summed E-state index contributed by atoms with van der Waals surface area (Å²) in [5, 5.41) is 0. The molecule has 12 heavy (non-hydrogen) atoms. The molecule has 0 bridgehead atoms. The van der Waals surface area contributed by atoms with Crippen molar-refractivity contribution in [3.63, 3.8) is 0 Å². The Morgan fingerprint density at radius 1 is 1.25 bits per heavy atom. The molecule has 0 aliphatic heterocycles. The molecule has 0 atom stereocenters. The van der Waals surface area contributed by atoms with Gasteiger partial charge in [0.05, 0.1) is 0 Å². The van der Waals surface area contributed by atoms with Crippen LogP contribution in [0.5, 0.6) is 0 Å². The van der Waals surface area contributed by atoms with Crippen LogP contribution in [0.25, 0.3) is 0 Å². The Kier molecular flexibility index (Phi) is 5.79. The van der Waals surface area contributed by atoms with E-state index in [1.165, 1.54) is 18.4 Å². The summed E-state index contributed by atoms with van der Waals surface area (Å²) in [6, 6.07) is 0. The number of hydrogen-bond donors (Lipinski definition) is 0. The molecule has 0 spiro atoms. The SMILES string of the molecule is CC.CC1=C(C(C)C)CCC=C1. The maximum atomic E-state index is 2.28. The van der Waals surface area contributed by atoms with Gasteiger partial charge in [-0.3, -0.25) is 0 Å². The highest BCUT2D eigenvalue weighted by molar-refractivity contribution is 5.28. The van der Waals surface area contributed by atoms with Crippen LogP contribution in [-0.2, 0) is 0 Å². The lowest BCUT2D eigenvalue weighted by molar-refractivity contribution is 0.699. The van der Waals surface area contributed by atoms with E-state index >= 15 is 0 Å². The molecule has 0 radical (unpaired) electrons. The van der Waals surface area contributed by atoms with Gasteiger partial charge in [-0.2, -0.15) is 0 Å². The highest BCUT2D eigenvalue weighted by Gasteiger charge is 2.07. The fourth-order valence-electron chi connectivity index (χ4n) is 1.55. The monoisotopic (exact) mass is 166 g/mol. The van der Waals surface area contributed by atoms with Crippen molar-refractivity contribution in [2.45, 2.75) is 47.5 Å². The lowest BCUT2D eigenvalue weighted by atomic mass is 9.90. The summed E-state index contributed by atoms with van der Waals surface area (Å²) < 4.78 is 0. The lowest BCUT2D eigenvalue weighted by Gasteiger charge is -2.16. The molecule has 0 fully saturated rings. The first-order valence-electron chi connectivity index (χ1n) is 5.08. The van der Waals surface area contributed by atoms with E-state index in [0.717, 1.165) is 5.92 Å². The molecule has 0 aromatic heterocycles. The van der Waals surface area contributed by atoms with Crippen LogP contribution in [-0.4, -0.2) is 0 Å². The summed E-state index contributed by atoms with van der Waals surface area (Å²) in [5.41, 5.74) is 3.13. The minimum absolute atomic E-state index is 0.741. The second kappa shape index (κ2) is 6.05. The first-order chi connectivity index (χ1) is 5.72. The Labute approximate surface area is 77.4 Å². The Hall–Kier alpha value is -0.520. The Morgan fingerprint density at radius 2 is 1.83 bits per heavy atom. The summed E-state index contributed by atoms with van der Waals surface area (Å²) in [7, 11) is 0. The Balaban J connectivity index is 0.000000561. The van der Waals surface area contributed by atoms with Gasteiger partial charge in [0, 0.05) is 0 Å². The zero-order chi connectivity index (χ0) is 9.56. The van der Waals surface area contributed by atoms with E-state index in [0.29, 0.717) is 0 Å². The van der Waals surface area contributed by atoms with Gasteiger partial charge in [0.25, 0.3) is 0 Å². The number of hydrogen-bond acceptors (Lipinski definition) is 0. The smallest absolute Gasteiger partial charge is 0.0254 e. The van der Waals surface area contributed by atoms with Gasteiger partial charge in [-0.25, -0.2) is 0 Å². The average molecular weight is 166 g/mol. The van der Waals surface area contributed by atoms with Gasteiger partial charge in [0.15, 0.2) is 0 Å². The van der Waals surface area contributed by atoms with E-state index in [9.17, 15) is 0 Å². The maximum Gasteiger partial charge on any atom is -0.0254 e. The molecule has 0 saturated heterocycles.